The van der Waals surface area contributed by atoms with Gasteiger partial charge in [0.2, 0.25) is 5.91 Å². The molecule has 1 aromatic heterocycles. The average Bonchev–Trinajstić information content (AvgIpc) is 3.56. The minimum atomic E-state index is -0.642. The Labute approximate surface area is 194 Å². The van der Waals surface area contributed by atoms with Crippen molar-refractivity contribution in [1.82, 2.24) is 10.2 Å². The Morgan fingerprint density at radius 2 is 1.70 bits per heavy atom. The number of carbonyl (C=O) groups excluding carboxylic acids is 2. The van der Waals surface area contributed by atoms with Crippen LogP contribution in [-0.2, 0) is 24.1 Å². The summed E-state index contributed by atoms with van der Waals surface area (Å²) in [4.78, 5) is 30.3. The van der Waals surface area contributed by atoms with Crippen molar-refractivity contribution in [3.05, 3.63) is 89.4 Å². The van der Waals surface area contributed by atoms with Crippen LogP contribution in [-0.4, -0.2) is 48.9 Å². The normalized spacial score (nSPS) is 16.4. The van der Waals surface area contributed by atoms with E-state index in [2.05, 4.69) is 28.4 Å². The number of furan rings is 1. The van der Waals surface area contributed by atoms with Gasteiger partial charge >= 0.3 is 0 Å². The number of amides is 2. The van der Waals surface area contributed by atoms with Gasteiger partial charge in [-0.2, -0.15) is 0 Å². The molecule has 1 N–H and O–H groups in total. The predicted octanol–water partition coefficient (Wildman–Crippen LogP) is 3.46. The zero-order chi connectivity index (χ0) is 22.6. The fourth-order valence-corrected chi connectivity index (χ4v) is 4.85. The van der Waals surface area contributed by atoms with Crippen molar-refractivity contribution in [3.63, 3.8) is 0 Å². The SMILES string of the molecule is O=C(NC(Cc1ccccc1)C(=O)N1CCN(c2ccc3c(c2)CCC3)CC1)c1ccco1. The average molecular weight is 444 g/mol. The summed E-state index contributed by atoms with van der Waals surface area (Å²) in [5.41, 5.74) is 5.19. The first kappa shape index (κ1) is 21.3. The molecule has 6 heteroatoms. The van der Waals surface area contributed by atoms with Crippen LogP contribution in [0.25, 0.3) is 0 Å². The number of fused-ring (bicyclic) bond motifs is 1. The monoisotopic (exact) mass is 443 g/mol. The Morgan fingerprint density at radius 3 is 2.45 bits per heavy atom. The number of nitrogens with one attached hydrogen (secondary N) is 1. The van der Waals surface area contributed by atoms with E-state index in [1.807, 2.05) is 35.2 Å². The van der Waals surface area contributed by atoms with E-state index < -0.39 is 6.04 Å². The van der Waals surface area contributed by atoms with E-state index in [9.17, 15) is 9.59 Å². The van der Waals surface area contributed by atoms with Gasteiger partial charge in [-0.05, 0) is 60.2 Å². The van der Waals surface area contributed by atoms with Crippen LogP contribution in [0.4, 0.5) is 5.69 Å². The molecule has 6 nitrogen and oxygen atoms in total. The van der Waals surface area contributed by atoms with Gasteiger partial charge in [0.15, 0.2) is 5.76 Å². The molecule has 1 fully saturated rings. The second kappa shape index (κ2) is 9.53. The summed E-state index contributed by atoms with van der Waals surface area (Å²) in [6, 6.07) is 19.2. The molecule has 1 saturated heterocycles. The second-order valence-corrected chi connectivity index (χ2v) is 8.81. The molecule has 0 bridgehead atoms. The van der Waals surface area contributed by atoms with Crippen LogP contribution >= 0.6 is 0 Å². The van der Waals surface area contributed by atoms with Crippen LogP contribution in [0, 0.1) is 0 Å². The highest BCUT2D eigenvalue weighted by Crippen LogP contribution is 2.27. The number of nitrogens with zero attached hydrogens (tertiary/aromatic N) is 2. The minimum Gasteiger partial charge on any atom is -0.459 e. The van der Waals surface area contributed by atoms with Crippen LogP contribution < -0.4 is 10.2 Å². The van der Waals surface area contributed by atoms with Crippen LogP contribution in [0.2, 0.25) is 0 Å². The Morgan fingerprint density at radius 1 is 0.909 bits per heavy atom. The van der Waals surface area contributed by atoms with Gasteiger partial charge in [-0.15, -0.1) is 0 Å². The molecule has 170 valence electrons. The molecule has 1 atom stereocenters. The lowest BCUT2D eigenvalue weighted by atomic mass is 10.0. The molecule has 1 unspecified atom stereocenters. The molecule has 1 aliphatic carbocycles. The molecular formula is C27H29N3O3. The molecule has 0 spiro atoms. The lowest BCUT2D eigenvalue weighted by Gasteiger charge is -2.38. The number of carbonyl (C=O) groups is 2. The summed E-state index contributed by atoms with van der Waals surface area (Å²) in [5.74, 6) is -0.208. The highest BCUT2D eigenvalue weighted by atomic mass is 16.3. The Kier molecular flexibility index (Phi) is 6.15. The van der Waals surface area contributed by atoms with Crippen molar-refractivity contribution in [3.8, 4) is 0 Å². The highest BCUT2D eigenvalue weighted by molar-refractivity contribution is 5.95. The first-order chi connectivity index (χ1) is 16.2. The molecule has 5 rings (SSSR count). The number of rotatable bonds is 6. The molecule has 33 heavy (non-hydrogen) atoms. The summed E-state index contributed by atoms with van der Waals surface area (Å²) in [6.07, 6.45) is 5.49. The molecule has 2 aromatic carbocycles. The topological polar surface area (TPSA) is 65.8 Å². The van der Waals surface area contributed by atoms with E-state index >= 15 is 0 Å². The molecule has 0 radical (unpaired) electrons. The molecular weight excluding hydrogens is 414 g/mol. The lowest BCUT2D eigenvalue weighted by molar-refractivity contribution is -0.133. The molecule has 3 aromatic rings. The fraction of sp³-hybridized carbons (Fsp3) is 0.333. The van der Waals surface area contributed by atoms with E-state index in [0.29, 0.717) is 19.5 Å². The lowest BCUT2D eigenvalue weighted by Crippen LogP contribution is -2.55. The first-order valence-corrected chi connectivity index (χ1v) is 11.7. The van der Waals surface area contributed by atoms with Gasteiger partial charge in [0.1, 0.15) is 6.04 Å². The largest absolute Gasteiger partial charge is 0.459 e. The quantitative estimate of drug-likeness (QED) is 0.634. The zero-order valence-corrected chi connectivity index (χ0v) is 18.7. The third-order valence-electron chi connectivity index (χ3n) is 6.67. The van der Waals surface area contributed by atoms with Gasteiger partial charge in [0, 0.05) is 38.3 Å². The zero-order valence-electron chi connectivity index (χ0n) is 18.7. The minimum absolute atomic E-state index is 0.0487. The van der Waals surface area contributed by atoms with Crippen molar-refractivity contribution in [2.24, 2.45) is 0 Å². The van der Waals surface area contributed by atoms with E-state index in [1.54, 1.807) is 12.1 Å². The summed E-state index contributed by atoms with van der Waals surface area (Å²) in [5, 5.41) is 2.90. The van der Waals surface area contributed by atoms with E-state index in [-0.39, 0.29) is 17.6 Å². The fourth-order valence-electron chi connectivity index (χ4n) is 4.85. The van der Waals surface area contributed by atoms with Crippen LogP contribution in [0.3, 0.4) is 0 Å². The van der Waals surface area contributed by atoms with E-state index in [0.717, 1.165) is 25.1 Å². The number of anilines is 1. The third-order valence-corrected chi connectivity index (χ3v) is 6.67. The molecule has 2 heterocycles. The first-order valence-electron chi connectivity index (χ1n) is 11.7. The van der Waals surface area contributed by atoms with E-state index in [4.69, 9.17) is 4.42 Å². The van der Waals surface area contributed by atoms with Crippen molar-refractivity contribution in [2.45, 2.75) is 31.7 Å². The Bertz CT molecular complexity index is 1100. The van der Waals surface area contributed by atoms with Gasteiger partial charge in [0.05, 0.1) is 6.26 Å². The van der Waals surface area contributed by atoms with Gasteiger partial charge in [-0.3, -0.25) is 9.59 Å². The maximum Gasteiger partial charge on any atom is 0.287 e. The van der Waals surface area contributed by atoms with Crippen molar-refractivity contribution in [2.75, 3.05) is 31.1 Å². The van der Waals surface area contributed by atoms with Crippen molar-refractivity contribution >= 4 is 17.5 Å². The van der Waals surface area contributed by atoms with Crippen LogP contribution in [0.15, 0.2) is 71.3 Å². The number of aryl methyl sites for hydroxylation is 2. The molecule has 1 aliphatic heterocycles. The Balaban J connectivity index is 1.26. The van der Waals surface area contributed by atoms with Crippen molar-refractivity contribution < 1.29 is 14.0 Å². The standard InChI is InChI=1S/C27H29N3O3/c31-26(25-10-5-17-33-25)28-24(18-20-6-2-1-3-7-20)27(32)30-15-13-29(14-16-30)23-12-11-21-8-4-9-22(21)19-23/h1-3,5-7,10-12,17,19,24H,4,8-9,13-16,18H2,(H,28,31). The van der Waals surface area contributed by atoms with Gasteiger partial charge in [0.25, 0.3) is 5.91 Å². The molecule has 2 amide bonds. The molecule has 0 saturated carbocycles. The highest BCUT2D eigenvalue weighted by Gasteiger charge is 2.30. The van der Waals surface area contributed by atoms with Gasteiger partial charge in [-0.25, -0.2) is 0 Å². The summed E-state index contributed by atoms with van der Waals surface area (Å²) in [6.45, 7) is 2.85. The second-order valence-electron chi connectivity index (χ2n) is 8.81. The number of piperazine rings is 1. The molecule has 2 aliphatic rings. The maximum atomic E-state index is 13.5. The predicted molar refractivity (Wildman–Crippen MR) is 127 cm³/mol. The summed E-state index contributed by atoms with van der Waals surface area (Å²) in [7, 11) is 0. The smallest absolute Gasteiger partial charge is 0.287 e. The van der Waals surface area contributed by atoms with Crippen LogP contribution in [0.5, 0.6) is 0 Å². The number of benzene rings is 2. The number of hydrogen-bond acceptors (Lipinski definition) is 4. The summed E-state index contributed by atoms with van der Waals surface area (Å²) >= 11 is 0. The number of hydrogen-bond donors (Lipinski definition) is 1. The third kappa shape index (κ3) is 4.80. The van der Waals surface area contributed by atoms with Gasteiger partial charge in [-0.1, -0.05) is 36.4 Å². The summed E-state index contributed by atoms with van der Waals surface area (Å²) < 4.78 is 5.22. The maximum absolute atomic E-state index is 13.5. The Hall–Kier alpha value is -3.54. The van der Waals surface area contributed by atoms with E-state index in [1.165, 1.54) is 35.9 Å². The van der Waals surface area contributed by atoms with Crippen molar-refractivity contribution in [1.29, 1.82) is 0 Å². The van der Waals surface area contributed by atoms with Crippen LogP contribution in [0.1, 0.15) is 33.7 Å². The van der Waals surface area contributed by atoms with Gasteiger partial charge < -0.3 is 19.5 Å².